The normalized spacial score (nSPS) is 12.2. The molecular weight excluding hydrogens is 248 g/mol. The van der Waals surface area contributed by atoms with Crippen LogP contribution in [0.4, 0.5) is 20.4 Å². The first-order valence-corrected chi connectivity index (χ1v) is 6.91. The second-order valence-corrected chi connectivity index (χ2v) is 4.94. The molecule has 17 heavy (non-hydrogen) atoms. The lowest BCUT2D eigenvalue weighted by molar-refractivity contribution is 0.578. The van der Waals surface area contributed by atoms with Crippen LogP contribution in [0.2, 0.25) is 0 Å². The molecule has 0 saturated carbocycles. The Labute approximate surface area is 101 Å². The van der Waals surface area contributed by atoms with E-state index in [1.165, 1.54) is 0 Å². The molecule has 2 N–H and O–H groups in total. The topological polar surface area (TPSA) is 54.0 Å². The summed E-state index contributed by atoms with van der Waals surface area (Å²) in [6.45, 7) is 2.61. The molecule has 0 aliphatic heterocycles. The van der Waals surface area contributed by atoms with Crippen LogP contribution in [-0.4, -0.2) is 34.3 Å². The Kier molecular flexibility index (Phi) is 5.27. The molecular formula is C10H15F2N3OS. The molecule has 0 aliphatic carbocycles. The zero-order valence-electron chi connectivity index (χ0n) is 9.72. The molecule has 1 atom stereocenters. The van der Waals surface area contributed by atoms with Gasteiger partial charge in [-0.2, -0.15) is 0 Å². The summed E-state index contributed by atoms with van der Waals surface area (Å²) in [6.07, 6.45) is 1.56. The van der Waals surface area contributed by atoms with Crippen LogP contribution in [0.3, 0.4) is 0 Å². The van der Waals surface area contributed by atoms with Gasteiger partial charge in [0.25, 0.3) is 0 Å². The van der Waals surface area contributed by atoms with E-state index in [9.17, 15) is 13.0 Å². The van der Waals surface area contributed by atoms with Crippen molar-refractivity contribution >= 4 is 22.4 Å². The minimum absolute atomic E-state index is 0.00835. The van der Waals surface area contributed by atoms with Crippen LogP contribution in [0, 0.1) is 11.6 Å². The summed E-state index contributed by atoms with van der Waals surface area (Å²) >= 11 is 0. The van der Waals surface area contributed by atoms with E-state index in [1.807, 2.05) is 0 Å². The number of anilines is 2. The third-order valence-corrected chi connectivity index (χ3v) is 2.73. The Morgan fingerprint density at radius 3 is 2.41 bits per heavy atom. The second-order valence-electron chi connectivity index (χ2n) is 3.38. The number of nitrogens with zero attached hydrogens (tertiary/aromatic N) is 1. The van der Waals surface area contributed by atoms with Gasteiger partial charge in [0.05, 0.1) is 0 Å². The third kappa shape index (κ3) is 4.26. The molecule has 1 aromatic heterocycles. The average Bonchev–Trinajstić information content (AvgIpc) is 2.24. The summed E-state index contributed by atoms with van der Waals surface area (Å²) in [5, 5.41) is 5.37. The molecule has 4 nitrogen and oxygen atoms in total. The average molecular weight is 263 g/mol. The summed E-state index contributed by atoms with van der Waals surface area (Å²) in [4.78, 5) is 3.79. The first kappa shape index (κ1) is 13.8. The molecule has 0 bridgehead atoms. The highest BCUT2D eigenvalue weighted by Gasteiger charge is 2.10. The van der Waals surface area contributed by atoms with Gasteiger partial charge < -0.3 is 10.6 Å². The van der Waals surface area contributed by atoms with Gasteiger partial charge in [-0.1, -0.05) is 0 Å². The number of hydrogen-bond donors (Lipinski definition) is 2. The molecule has 0 amide bonds. The Balaban J connectivity index is 2.76. The second kappa shape index (κ2) is 6.48. The van der Waals surface area contributed by atoms with Gasteiger partial charge in [-0.15, -0.1) is 0 Å². The van der Waals surface area contributed by atoms with E-state index in [-0.39, 0.29) is 11.6 Å². The van der Waals surface area contributed by atoms with Crippen LogP contribution in [0.15, 0.2) is 6.07 Å². The van der Waals surface area contributed by atoms with E-state index >= 15 is 0 Å². The lowest BCUT2D eigenvalue weighted by Gasteiger charge is -2.09. The molecule has 7 heteroatoms. The quantitative estimate of drug-likeness (QED) is 0.818. The van der Waals surface area contributed by atoms with Crippen molar-refractivity contribution in [1.82, 2.24) is 4.98 Å². The van der Waals surface area contributed by atoms with Crippen LogP contribution >= 0.6 is 0 Å². The Morgan fingerprint density at radius 2 is 1.88 bits per heavy atom. The van der Waals surface area contributed by atoms with Crippen LogP contribution in [-0.2, 0) is 10.8 Å². The molecule has 0 aliphatic rings. The molecule has 0 aromatic carbocycles. The van der Waals surface area contributed by atoms with E-state index in [1.54, 1.807) is 13.2 Å². The van der Waals surface area contributed by atoms with Crippen molar-refractivity contribution in [2.45, 2.75) is 6.92 Å². The van der Waals surface area contributed by atoms with Gasteiger partial charge in [0, 0.05) is 42.0 Å². The van der Waals surface area contributed by atoms with Gasteiger partial charge >= 0.3 is 0 Å². The highest BCUT2D eigenvalue weighted by Crippen LogP contribution is 2.18. The van der Waals surface area contributed by atoms with Crippen LogP contribution in [0.1, 0.15) is 6.92 Å². The zero-order valence-corrected chi connectivity index (χ0v) is 10.5. The van der Waals surface area contributed by atoms with E-state index in [2.05, 4.69) is 15.6 Å². The molecule has 96 valence electrons. The summed E-state index contributed by atoms with van der Waals surface area (Å²) in [7, 11) is -0.961. The monoisotopic (exact) mass is 263 g/mol. The van der Waals surface area contributed by atoms with E-state index in [0.29, 0.717) is 18.8 Å². The Bertz CT molecular complexity index is 415. The van der Waals surface area contributed by atoms with Crippen LogP contribution < -0.4 is 10.6 Å². The van der Waals surface area contributed by atoms with Crippen molar-refractivity contribution in [2.75, 3.05) is 35.7 Å². The minimum Gasteiger partial charge on any atom is -0.368 e. The van der Waals surface area contributed by atoms with Gasteiger partial charge in [0.15, 0.2) is 23.3 Å². The van der Waals surface area contributed by atoms with Gasteiger partial charge in [0.1, 0.15) is 0 Å². The van der Waals surface area contributed by atoms with Gasteiger partial charge in [0.2, 0.25) is 0 Å². The van der Waals surface area contributed by atoms with Crippen LogP contribution in [0.5, 0.6) is 0 Å². The van der Waals surface area contributed by atoms with Crippen molar-refractivity contribution in [1.29, 1.82) is 0 Å². The van der Waals surface area contributed by atoms with Crippen molar-refractivity contribution in [2.24, 2.45) is 0 Å². The highest BCUT2D eigenvalue weighted by molar-refractivity contribution is 7.84. The molecule has 1 unspecified atom stereocenters. The molecule has 0 radical (unpaired) electrons. The number of rotatable bonds is 6. The lowest BCUT2D eigenvalue weighted by atomic mass is 10.4. The van der Waals surface area contributed by atoms with Gasteiger partial charge in [-0.3, -0.25) is 4.21 Å². The molecule has 0 fully saturated rings. The predicted octanol–water partition coefficient (Wildman–Crippen LogP) is 1.58. The predicted molar refractivity (Wildman–Crippen MR) is 65.7 cm³/mol. The minimum atomic E-state index is -0.961. The fourth-order valence-electron chi connectivity index (χ4n) is 1.20. The number of pyridine rings is 1. The Morgan fingerprint density at radius 1 is 1.29 bits per heavy atom. The highest BCUT2D eigenvalue weighted by atomic mass is 32.2. The Hall–Kier alpha value is -1.24. The summed E-state index contributed by atoms with van der Waals surface area (Å²) < 4.78 is 37.4. The van der Waals surface area contributed by atoms with Gasteiger partial charge in [-0.25, -0.2) is 13.8 Å². The van der Waals surface area contributed by atoms with Crippen molar-refractivity contribution in [3.05, 3.63) is 17.7 Å². The lowest BCUT2D eigenvalue weighted by Crippen LogP contribution is -2.13. The standard InChI is InChI=1S/C10H15F2N3OS/c1-3-13-9-7(11)6-8(12)10(15-9)14-4-5-17(2)16/h6H,3-5H2,1-2H3,(H2,13,14,15). The van der Waals surface area contributed by atoms with E-state index in [0.717, 1.165) is 6.07 Å². The van der Waals surface area contributed by atoms with E-state index < -0.39 is 22.4 Å². The van der Waals surface area contributed by atoms with Gasteiger partial charge in [-0.05, 0) is 6.92 Å². The largest absolute Gasteiger partial charge is 0.368 e. The number of aromatic nitrogens is 1. The summed E-state index contributed by atoms with van der Waals surface area (Å²) in [5.41, 5.74) is 0. The molecule has 1 rings (SSSR count). The fourth-order valence-corrected chi connectivity index (χ4v) is 1.58. The van der Waals surface area contributed by atoms with E-state index in [4.69, 9.17) is 0 Å². The number of halogens is 2. The maximum Gasteiger partial charge on any atom is 0.168 e. The smallest absolute Gasteiger partial charge is 0.168 e. The number of hydrogen-bond acceptors (Lipinski definition) is 4. The molecule has 0 saturated heterocycles. The maximum atomic E-state index is 13.3. The maximum absolute atomic E-state index is 13.3. The van der Waals surface area contributed by atoms with Crippen molar-refractivity contribution in [3.8, 4) is 0 Å². The van der Waals surface area contributed by atoms with Crippen molar-refractivity contribution in [3.63, 3.8) is 0 Å². The molecule has 0 spiro atoms. The summed E-state index contributed by atoms with van der Waals surface area (Å²) in [6, 6.07) is 0.774. The molecule has 1 aromatic rings. The third-order valence-electron chi connectivity index (χ3n) is 1.96. The first-order valence-electron chi connectivity index (χ1n) is 5.18. The first-order chi connectivity index (χ1) is 8.04. The fraction of sp³-hybridized carbons (Fsp3) is 0.500. The summed E-state index contributed by atoms with van der Waals surface area (Å²) in [5.74, 6) is -1.13. The van der Waals surface area contributed by atoms with Crippen LogP contribution in [0.25, 0.3) is 0 Å². The van der Waals surface area contributed by atoms with Crippen molar-refractivity contribution < 1.29 is 13.0 Å². The molecule has 1 heterocycles. The number of nitrogens with one attached hydrogen (secondary N) is 2. The zero-order chi connectivity index (χ0) is 12.8. The SMILES string of the molecule is CCNc1nc(NCCS(C)=O)c(F)cc1F.